The summed E-state index contributed by atoms with van der Waals surface area (Å²) >= 11 is 0.769. The maximum atomic E-state index is 12.8. The Morgan fingerprint density at radius 1 is 0.816 bits per heavy atom. The van der Waals surface area contributed by atoms with Crippen LogP contribution < -0.4 is 20.1 Å². The number of nitrogens with zero attached hydrogens (tertiary/aromatic N) is 1. The molecule has 1 aliphatic heterocycles. The van der Waals surface area contributed by atoms with E-state index in [1.54, 1.807) is 66.7 Å². The van der Waals surface area contributed by atoms with Crippen LogP contribution >= 0.6 is 11.8 Å². The van der Waals surface area contributed by atoms with Crippen LogP contribution in [0.2, 0.25) is 0 Å². The van der Waals surface area contributed by atoms with E-state index in [2.05, 4.69) is 10.6 Å². The lowest BCUT2D eigenvalue weighted by Crippen LogP contribution is -2.36. The van der Waals surface area contributed by atoms with Crippen LogP contribution in [0.25, 0.3) is 6.08 Å². The normalized spacial score (nSPS) is 13.9. The topological polar surface area (TPSA) is 114 Å². The molecule has 1 saturated heterocycles. The van der Waals surface area contributed by atoms with E-state index in [1.807, 2.05) is 25.1 Å². The number of nitrogens with one attached hydrogen (secondary N) is 2. The largest absolute Gasteiger partial charge is 0.494 e. The highest BCUT2D eigenvalue weighted by Gasteiger charge is 2.36. The standard InChI is InChI=1S/C28H25N3O6S/c1-2-36-22-14-10-21(11-15-22)29-25(32)17-31-27(34)24(38-28(31)35)16-19-8-12-23(13-9-19)37-18-26(33)30-20-6-4-3-5-7-20/h3-16H,2,17-18H2,1H3,(H,29,32)(H,30,33)/b24-16+. The predicted molar refractivity (Wildman–Crippen MR) is 146 cm³/mol. The highest BCUT2D eigenvalue weighted by molar-refractivity contribution is 8.18. The number of para-hydroxylation sites is 1. The van der Waals surface area contributed by atoms with Crippen molar-refractivity contribution in [3.8, 4) is 11.5 Å². The lowest BCUT2D eigenvalue weighted by Gasteiger charge is -2.12. The first kappa shape index (κ1) is 26.5. The minimum Gasteiger partial charge on any atom is -0.494 e. The summed E-state index contributed by atoms with van der Waals surface area (Å²) in [5.41, 5.74) is 1.87. The number of amides is 4. The molecule has 0 aliphatic carbocycles. The van der Waals surface area contributed by atoms with Crippen molar-refractivity contribution in [2.75, 3.05) is 30.4 Å². The number of thioether (sulfide) groups is 1. The van der Waals surface area contributed by atoms with Crippen molar-refractivity contribution in [3.63, 3.8) is 0 Å². The Hall–Kier alpha value is -4.57. The minimum atomic E-state index is -0.542. The molecule has 0 unspecified atom stereocenters. The predicted octanol–water partition coefficient (Wildman–Crippen LogP) is 4.78. The number of ether oxygens (including phenoxy) is 2. The highest BCUT2D eigenvalue weighted by Crippen LogP contribution is 2.32. The van der Waals surface area contributed by atoms with E-state index in [0.29, 0.717) is 35.0 Å². The second-order valence-electron chi connectivity index (χ2n) is 8.05. The van der Waals surface area contributed by atoms with E-state index in [-0.39, 0.29) is 17.4 Å². The van der Waals surface area contributed by atoms with Crippen molar-refractivity contribution in [1.82, 2.24) is 4.90 Å². The summed E-state index contributed by atoms with van der Waals surface area (Å²) in [5.74, 6) is -0.171. The third kappa shape index (κ3) is 7.23. The van der Waals surface area contributed by atoms with E-state index in [1.165, 1.54) is 0 Å². The molecule has 4 amide bonds. The summed E-state index contributed by atoms with van der Waals surface area (Å²) in [6.07, 6.45) is 1.57. The fourth-order valence-corrected chi connectivity index (χ4v) is 4.30. The molecule has 2 N–H and O–H groups in total. The van der Waals surface area contributed by atoms with Gasteiger partial charge in [0.25, 0.3) is 17.1 Å². The maximum Gasteiger partial charge on any atom is 0.294 e. The molecule has 0 atom stereocenters. The van der Waals surface area contributed by atoms with E-state index in [4.69, 9.17) is 9.47 Å². The van der Waals surface area contributed by atoms with Crippen molar-refractivity contribution in [3.05, 3.63) is 89.3 Å². The molecule has 194 valence electrons. The average Bonchev–Trinajstić information content (AvgIpc) is 3.17. The van der Waals surface area contributed by atoms with Crippen LogP contribution in [0.1, 0.15) is 12.5 Å². The van der Waals surface area contributed by atoms with Crippen LogP contribution in [0.3, 0.4) is 0 Å². The van der Waals surface area contributed by atoms with Gasteiger partial charge in [-0.2, -0.15) is 0 Å². The lowest BCUT2D eigenvalue weighted by atomic mass is 10.2. The van der Waals surface area contributed by atoms with Gasteiger partial charge in [0.15, 0.2) is 6.61 Å². The number of hydrogen-bond donors (Lipinski definition) is 2. The number of rotatable bonds is 10. The summed E-state index contributed by atoms with van der Waals surface area (Å²) in [6, 6.07) is 22.6. The summed E-state index contributed by atoms with van der Waals surface area (Å²) in [5, 5.41) is 4.89. The number of hydrogen-bond acceptors (Lipinski definition) is 7. The molecule has 9 nitrogen and oxygen atoms in total. The van der Waals surface area contributed by atoms with Gasteiger partial charge in [0.2, 0.25) is 5.91 Å². The molecule has 38 heavy (non-hydrogen) atoms. The summed E-state index contributed by atoms with van der Waals surface area (Å²) in [6.45, 7) is 1.85. The van der Waals surface area contributed by atoms with Gasteiger partial charge in [-0.05, 0) is 78.9 Å². The van der Waals surface area contributed by atoms with E-state index < -0.39 is 23.6 Å². The van der Waals surface area contributed by atoms with Crippen LogP contribution in [-0.4, -0.2) is 47.6 Å². The van der Waals surface area contributed by atoms with Crippen LogP contribution in [0.5, 0.6) is 11.5 Å². The SMILES string of the molecule is CCOc1ccc(NC(=O)CN2C(=O)S/C(=C/c3ccc(OCC(=O)Nc4ccccc4)cc3)C2=O)cc1. The third-order valence-corrected chi connectivity index (χ3v) is 6.14. The third-order valence-electron chi connectivity index (χ3n) is 5.23. The molecule has 1 fully saturated rings. The second kappa shape index (κ2) is 12.6. The molecule has 0 radical (unpaired) electrons. The van der Waals surface area contributed by atoms with Gasteiger partial charge in [0, 0.05) is 11.4 Å². The Labute approximate surface area is 223 Å². The summed E-state index contributed by atoms with van der Waals surface area (Å²) in [4.78, 5) is 50.7. The molecular formula is C28H25N3O6S. The molecule has 10 heteroatoms. The minimum absolute atomic E-state index is 0.161. The van der Waals surface area contributed by atoms with Crippen LogP contribution in [0, 0.1) is 0 Å². The van der Waals surface area contributed by atoms with Crippen molar-refractivity contribution >= 4 is 52.2 Å². The van der Waals surface area contributed by atoms with Crippen LogP contribution in [-0.2, 0) is 14.4 Å². The lowest BCUT2D eigenvalue weighted by molar-refractivity contribution is -0.127. The smallest absolute Gasteiger partial charge is 0.294 e. The van der Waals surface area contributed by atoms with E-state index >= 15 is 0 Å². The summed E-state index contributed by atoms with van der Waals surface area (Å²) in [7, 11) is 0. The first-order valence-corrected chi connectivity index (χ1v) is 12.6. The fraction of sp³-hybridized carbons (Fsp3) is 0.143. The number of carbonyl (C=O) groups excluding carboxylic acids is 4. The molecule has 1 aliphatic rings. The number of anilines is 2. The van der Waals surface area contributed by atoms with Crippen LogP contribution in [0.15, 0.2) is 83.8 Å². The van der Waals surface area contributed by atoms with Gasteiger partial charge < -0.3 is 20.1 Å². The molecule has 4 rings (SSSR count). The average molecular weight is 532 g/mol. The zero-order chi connectivity index (χ0) is 26.9. The number of carbonyl (C=O) groups is 4. The Bertz CT molecular complexity index is 1340. The fourth-order valence-electron chi connectivity index (χ4n) is 3.46. The Balaban J connectivity index is 1.29. The monoisotopic (exact) mass is 531 g/mol. The molecule has 3 aromatic rings. The quantitative estimate of drug-likeness (QED) is 0.362. The van der Waals surface area contributed by atoms with Gasteiger partial charge in [-0.3, -0.25) is 24.1 Å². The Morgan fingerprint density at radius 2 is 1.42 bits per heavy atom. The van der Waals surface area contributed by atoms with Gasteiger partial charge in [-0.15, -0.1) is 0 Å². The first-order chi connectivity index (χ1) is 18.4. The zero-order valence-electron chi connectivity index (χ0n) is 20.5. The van der Waals surface area contributed by atoms with Gasteiger partial charge >= 0.3 is 0 Å². The number of imide groups is 1. The summed E-state index contributed by atoms with van der Waals surface area (Å²) < 4.78 is 10.9. The Morgan fingerprint density at radius 3 is 2.11 bits per heavy atom. The molecule has 0 saturated carbocycles. The van der Waals surface area contributed by atoms with Gasteiger partial charge in [0.1, 0.15) is 18.0 Å². The Kier molecular flexibility index (Phi) is 8.78. The maximum absolute atomic E-state index is 12.8. The van der Waals surface area contributed by atoms with Crippen molar-refractivity contribution in [1.29, 1.82) is 0 Å². The molecule has 1 heterocycles. The first-order valence-electron chi connectivity index (χ1n) is 11.8. The molecule has 3 aromatic carbocycles. The van der Waals surface area contributed by atoms with E-state index in [0.717, 1.165) is 16.7 Å². The molecule has 0 aromatic heterocycles. The molecule has 0 bridgehead atoms. The zero-order valence-corrected chi connectivity index (χ0v) is 21.3. The number of benzene rings is 3. The highest BCUT2D eigenvalue weighted by atomic mass is 32.2. The second-order valence-corrected chi connectivity index (χ2v) is 9.04. The molecule has 0 spiro atoms. The molecular weight excluding hydrogens is 506 g/mol. The van der Waals surface area contributed by atoms with Crippen molar-refractivity contribution in [2.45, 2.75) is 6.92 Å². The van der Waals surface area contributed by atoms with Crippen molar-refractivity contribution in [2.24, 2.45) is 0 Å². The van der Waals surface area contributed by atoms with Crippen LogP contribution in [0.4, 0.5) is 16.2 Å². The van der Waals surface area contributed by atoms with Gasteiger partial charge in [-0.25, -0.2) is 0 Å². The van der Waals surface area contributed by atoms with Crippen molar-refractivity contribution < 1.29 is 28.7 Å². The van der Waals surface area contributed by atoms with Gasteiger partial charge in [-0.1, -0.05) is 30.3 Å². The van der Waals surface area contributed by atoms with Gasteiger partial charge in [0.05, 0.1) is 11.5 Å². The van der Waals surface area contributed by atoms with E-state index in [9.17, 15) is 19.2 Å².